The van der Waals surface area contributed by atoms with Crippen LogP contribution >= 0.6 is 11.3 Å². The van der Waals surface area contributed by atoms with Crippen molar-refractivity contribution < 1.29 is 23.1 Å². The number of carbonyl (C=O) groups is 1. The van der Waals surface area contributed by atoms with Gasteiger partial charge in [0.25, 0.3) is 0 Å². The number of ether oxygens (including phenoxy) is 1. The summed E-state index contributed by atoms with van der Waals surface area (Å²) in [6.45, 7) is 2.33. The first-order chi connectivity index (χ1) is 16.3. The van der Waals surface area contributed by atoms with Crippen molar-refractivity contribution in [2.45, 2.75) is 45.3 Å². The summed E-state index contributed by atoms with van der Waals surface area (Å²) in [7, 11) is -3.56. The van der Waals surface area contributed by atoms with Crippen LogP contribution in [0.1, 0.15) is 53.9 Å². The Morgan fingerprint density at radius 1 is 1.21 bits per heavy atom. The highest BCUT2D eigenvalue weighted by atomic mass is 32.2. The number of nitrogens with one attached hydrogen (secondary N) is 2. The average molecular weight is 504 g/mol. The third-order valence-electron chi connectivity index (χ3n) is 5.14. The number of thiazole rings is 1. The molecular weight excluding hydrogens is 474 g/mol. The van der Waals surface area contributed by atoms with E-state index in [1.165, 1.54) is 11.3 Å². The molecule has 0 bridgehead atoms. The first-order valence-corrected chi connectivity index (χ1v) is 13.7. The summed E-state index contributed by atoms with van der Waals surface area (Å²) < 4.78 is 32.0. The van der Waals surface area contributed by atoms with Crippen molar-refractivity contribution in [3.8, 4) is 5.75 Å². The zero-order valence-electron chi connectivity index (χ0n) is 19.2. The minimum atomic E-state index is -3.56. The third kappa shape index (κ3) is 7.46. The second-order valence-electron chi connectivity index (χ2n) is 7.92. The molecule has 0 aliphatic carbocycles. The highest BCUT2D eigenvalue weighted by Crippen LogP contribution is 2.38. The lowest BCUT2D eigenvalue weighted by atomic mass is 9.95. The summed E-state index contributed by atoms with van der Waals surface area (Å²) in [6, 6.07) is 12.6. The van der Waals surface area contributed by atoms with Crippen LogP contribution in [0.5, 0.6) is 5.75 Å². The minimum absolute atomic E-state index is 0.0890. The maximum atomic E-state index is 12.5. The van der Waals surface area contributed by atoms with Gasteiger partial charge in [-0.3, -0.25) is 9.71 Å². The van der Waals surface area contributed by atoms with E-state index in [2.05, 4.69) is 15.0 Å². The van der Waals surface area contributed by atoms with Gasteiger partial charge in [-0.1, -0.05) is 43.7 Å². The number of aromatic nitrogens is 1. The zero-order chi connectivity index (χ0) is 24.6. The number of alkyl carbamates (subject to hydrolysis) is 1. The fourth-order valence-corrected chi connectivity index (χ4v) is 4.64. The Morgan fingerprint density at radius 3 is 2.62 bits per heavy atom. The van der Waals surface area contributed by atoms with Crippen LogP contribution in [0.2, 0.25) is 0 Å². The molecule has 3 rings (SSSR count). The van der Waals surface area contributed by atoms with Gasteiger partial charge in [-0.25, -0.2) is 13.2 Å². The topological polar surface area (TPSA) is 118 Å². The van der Waals surface area contributed by atoms with Crippen LogP contribution in [0.4, 0.5) is 10.5 Å². The number of phenols is 1. The van der Waals surface area contributed by atoms with Crippen LogP contribution in [0.25, 0.3) is 0 Å². The van der Waals surface area contributed by atoms with E-state index in [-0.39, 0.29) is 11.4 Å². The molecule has 10 heteroatoms. The van der Waals surface area contributed by atoms with Crippen molar-refractivity contribution in [1.82, 2.24) is 10.3 Å². The lowest BCUT2D eigenvalue weighted by molar-refractivity contribution is 0.0893. The molecule has 3 aromatic rings. The van der Waals surface area contributed by atoms with Gasteiger partial charge in [0.15, 0.2) is 0 Å². The smallest absolute Gasteiger partial charge is 0.408 e. The fraction of sp³-hybridized carbons (Fsp3) is 0.333. The number of unbranched alkanes of at least 4 members (excludes halogenated alkanes) is 1. The Hall–Kier alpha value is -3.11. The summed E-state index contributed by atoms with van der Waals surface area (Å²) in [4.78, 5) is 17.4. The van der Waals surface area contributed by atoms with E-state index >= 15 is 0 Å². The quantitative estimate of drug-likeness (QED) is 0.340. The molecule has 0 radical (unpaired) electrons. The minimum Gasteiger partial charge on any atom is -0.507 e. The molecule has 0 aliphatic heterocycles. The average Bonchev–Trinajstić information content (AvgIpc) is 3.31. The molecule has 1 unspecified atom stereocenters. The molecule has 0 saturated carbocycles. The number of hydrogen-bond acceptors (Lipinski definition) is 7. The molecule has 1 heterocycles. The summed E-state index contributed by atoms with van der Waals surface area (Å²) in [5.41, 5.74) is 3.73. The number of amides is 1. The number of aromatic hydroxyl groups is 1. The van der Waals surface area contributed by atoms with Gasteiger partial charge < -0.3 is 15.2 Å². The van der Waals surface area contributed by atoms with Gasteiger partial charge in [0.05, 0.1) is 24.0 Å². The summed E-state index contributed by atoms with van der Waals surface area (Å²) in [5, 5.41) is 14.0. The largest absolute Gasteiger partial charge is 0.507 e. The number of hydrogen-bond donors (Lipinski definition) is 3. The van der Waals surface area contributed by atoms with E-state index in [0.29, 0.717) is 30.5 Å². The van der Waals surface area contributed by atoms with Crippen LogP contribution in [0, 0.1) is 0 Å². The molecule has 1 atom stereocenters. The van der Waals surface area contributed by atoms with Crippen molar-refractivity contribution in [2.24, 2.45) is 0 Å². The van der Waals surface area contributed by atoms with Crippen LogP contribution in [0.15, 0.2) is 54.2 Å². The molecule has 8 nitrogen and oxygen atoms in total. The van der Waals surface area contributed by atoms with Crippen molar-refractivity contribution in [2.75, 3.05) is 11.0 Å². The lowest BCUT2D eigenvalue weighted by Crippen LogP contribution is -2.25. The number of rotatable bonds is 11. The van der Waals surface area contributed by atoms with E-state index in [9.17, 15) is 18.3 Å². The SMILES string of the molecule is CCCCC(OC(=O)NCc1cncs1)c1ccc(NS(C)(=O)=O)c(Cc2ccccc2)c1O. The van der Waals surface area contributed by atoms with E-state index in [4.69, 9.17) is 4.74 Å². The van der Waals surface area contributed by atoms with Crippen molar-refractivity contribution >= 4 is 33.1 Å². The van der Waals surface area contributed by atoms with Gasteiger partial charge in [-0.15, -0.1) is 11.3 Å². The number of sulfonamides is 1. The van der Waals surface area contributed by atoms with Crippen LogP contribution < -0.4 is 10.0 Å². The zero-order valence-corrected chi connectivity index (χ0v) is 20.8. The Morgan fingerprint density at radius 2 is 1.97 bits per heavy atom. The molecule has 1 aromatic heterocycles. The monoisotopic (exact) mass is 503 g/mol. The Labute approximate surface area is 204 Å². The molecule has 0 saturated heterocycles. The van der Waals surface area contributed by atoms with E-state index in [1.807, 2.05) is 37.3 Å². The van der Waals surface area contributed by atoms with Gasteiger partial charge in [-0.2, -0.15) is 0 Å². The van der Waals surface area contributed by atoms with Crippen molar-refractivity contribution in [3.05, 3.63) is 75.7 Å². The summed E-state index contributed by atoms with van der Waals surface area (Å²) in [5.74, 6) is -0.0890. The van der Waals surface area contributed by atoms with E-state index < -0.39 is 22.2 Å². The van der Waals surface area contributed by atoms with Gasteiger partial charge in [0.1, 0.15) is 11.9 Å². The van der Waals surface area contributed by atoms with Crippen molar-refractivity contribution in [1.29, 1.82) is 0 Å². The number of nitrogens with zero attached hydrogens (tertiary/aromatic N) is 1. The molecule has 34 heavy (non-hydrogen) atoms. The van der Waals surface area contributed by atoms with Crippen molar-refractivity contribution in [3.63, 3.8) is 0 Å². The first-order valence-electron chi connectivity index (χ1n) is 10.9. The maximum Gasteiger partial charge on any atom is 0.408 e. The Bertz CT molecular complexity index is 1180. The Kier molecular flexibility index (Phi) is 8.89. The number of anilines is 1. The van der Waals surface area contributed by atoms with Crippen LogP contribution in [-0.2, 0) is 27.7 Å². The van der Waals surface area contributed by atoms with E-state index in [0.717, 1.165) is 29.5 Å². The first kappa shape index (κ1) is 25.5. The third-order valence-corrected chi connectivity index (χ3v) is 6.51. The highest BCUT2D eigenvalue weighted by molar-refractivity contribution is 7.92. The molecule has 0 aliphatic rings. The van der Waals surface area contributed by atoms with Crippen LogP contribution in [0.3, 0.4) is 0 Å². The van der Waals surface area contributed by atoms with Gasteiger partial charge in [0, 0.05) is 28.6 Å². The predicted molar refractivity (Wildman–Crippen MR) is 134 cm³/mol. The van der Waals surface area contributed by atoms with Gasteiger partial charge in [0.2, 0.25) is 10.0 Å². The second-order valence-corrected chi connectivity index (χ2v) is 10.6. The predicted octanol–water partition coefficient (Wildman–Crippen LogP) is 4.97. The molecule has 1 amide bonds. The van der Waals surface area contributed by atoms with Gasteiger partial charge in [-0.05, 0) is 30.5 Å². The highest BCUT2D eigenvalue weighted by Gasteiger charge is 2.24. The lowest BCUT2D eigenvalue weighted by Gasteiger charge is -2.22. The van der Waals surface area contributed by atoms with Gasteiger partial charge >= 0.3 is 6.09 Å². The standard InChI is InChI=1S/C24H29N3O5S2/c1-3-4-10-22(32-24(29)26-15-18-14-25-16-33-18)19-11-12-21(27-34(2,30)31)20(23(19)28)13-17-8-6-5-7-9-17/h5-9,11-12,14,16,22,27-28H,3-4,10,13,15H2,1-2H3,(H,26,29). The second kappa shape index (κ2) is 11.8. The molecular formula is C24H29N3O5S2. The van der Waals surface area contributed by atoms with E-state index in [1.54, 1.807) is 23.8 Å². The summed E-state index contributed by atoms with van der Waals surface area (Å²) >= 11 is 1.43. The Balaban J connectivity index is 1.90. The molecule has 0 spiro atoms. The number of benzene rings is 2. The maximum absolute atomic E-state index is 12.5. The fourth-order valence-electron chi connectivity index (χ4n) is 3.52. The van der Waals surface area contributed by atoms with Crippen LogP contribution in [-0.4, -0.2) is 30.9 Å². The molecule has 2 aromatic carbocycles. The molecule has 0 fully saturated rings. The molecule has 182 valence electrons. The summed E-state index contributed by atoms with van der Waals surface area (Å²) in [6.07, 6.45) is 3.93. The molecule has 3 N–H and O–H groups in total. The number of phenolic OH excluding ortho intramolecular Hbond substituents is 1. The number of carbonyl (C=O) groups excluding carboxylic acids is 1. The normalized spacial score (nSPS) is 12.2.